The van der Waals surface area contributed by atoms with Gasteiger partial charge in [-0.1, -0.05) is 19.8 Å². The first-order chi connectivity index (χ1) is 9.07. The van der Waals surface area contributed by atoms with Crippen molar-refractivity contribution in [3.8, 4) is 18.1 Å². The number of benzene rings is 1. The molecule has 0 bridgehead atoms. The van der Waals surface area contributed by atoms with Gasteiger partial charge in [0.05, 0.1) is 12.2 Å². The molecule has 4 heteroatoms. The largest absolute Gasteiger partial charge is 0.475 e. The monoisotopic (exact) mass is 258 g/mol. The Hall–Kier alpha value is -2.15. The SMILES string of the molecule is C#CCN1C(=O)C(CC)(CC)Oc2ccc(N)cc21. The number of carbonyl (C=O) groups excluding carboxylic acids is 1. The summed E-state index contributed by atoms with van der Waals surface area (Å²) < 4.78 is 5.95. The van der Waals surface area contributed by atoms with Crippen molar-refractivity contribution >= 4 is 17.3 Å². The van der Waals surface area contributed by atoms with Crippen molar-refractivity contribution in [1.82, 2.24) is 0 Å². The Morgan fingerprint density at radius 3 is 2.68 bits per heavy atom. The molecule has 0 aliphatic carbocycles. The quantitative estimate of drug-likeness (QED) is 0.668. The molecule has 1 aliphatic rings. The van der Waals surface area contributed by atoms with Gasteiger partial charge < -0.3 is 10.5 Å². The van der Waals surface area contributed by atoms with Crippen LogP contribution in [0.4, 0.5) is 11.4 Å². The number of terminal acetylenes is 1. The van der Waals surface area contributed by atoms with Crippen LogP contribution in [-0.4, -0.2) is 18.1 Å². The lowest BCUT2D eigenvalue weighted by Gasteiger charge is -2.41. The van der Waals surface area contributed by atoms with Crippen LogP contribution in [0.15, 0.2) is 18.2 Å². The molecule has 1 aromatic rings. The topological polar surface area (TPSA) is 55.6 Å². The fourth-order valence-corrected chi connectivity index (χ4v) is 2.39. The number of amides is 1. The summed E-state index contributed by atoms with van der Waals surface area (Å²) in [6.45, 7) is 4.11. The summed E-state index contributed by atoms with van der Waals surface area (Å²) >= 11 is 0. The van der Waals surface area contributed by atoms with E-state index in [9.17, 15) is 4.79 Å². The molecule has 19 heavy (non-hydrogen) atoms. The maximum absolute atomic E-state index is 12.6. The molecule has 0 fully saturated rings. The summed E-state index contributed by atoms with van der Waals surface area (Å²) in [7, 11) is 0. The fourth-order valence-electron chi connectivity index (χ4n) is 2.39. The number of rotatable bonds is 3. The number of hydrogen-bond donors (Lipinski definition) is 1. The molecule has 0 unspecified atom stereocenters. The van der Waals surface area contributed by atoms with Crippen molar-refractivity contribution in [2.75, 3.05) is 17.2 Å². The summed E-state index contributed by atoms with van der Waals surface area (Å²) in [6.07, 6.45) is 6.58. The third-order valence-corrected chi connectivity index (χ3v) is 3.61. The third kappa shape index (κ3) is 2.01. The van der Waals surface area contributed by atoms with Crippen LogP contribution < -0.4 is 15.4 Å². The summed E-state index contributed by atoms with van der Waals surface area (Å²) in [6, 6.07) is 5.28. The predicted molar refractivity (Wildman–Crippen MR) is 76.0 cm³/mol. The van der Waals surface area contributed by atoms with Gasteiger partial charge in [-0.05, 0) is 31.0 Å². The van der Waals surface area contributed by atoms with E-state index in [2.05, 4.69) is 5.92 Å². The number of hydrogen-bond acceptors (Lipinski definition) is 3. The van der Waals surface area contributed by atoms with Crippen LogP contribution in [-0.2, 0) is 4.79 Å². The number of anilines is 2. The Labute approximate surface area is 113 Å². The Morgan fingerprint density at radius 2 is 2.11 bits per heavy atom. The van der Waals surface area contributed by atoms with Gasteiger partial charge in [0.15, 0.2) is 5.60 Å². The molecule has 1 aliphatic heterocycles. The van der Waals surface area contributed by atoms with Crippen molar-refractivity contribution in [3.05, 3.63) is 18.2 Å². The first-order valence-corrected chi connectivity index (χ1v) is 6.42. The molecule has 0 aromatic heterocycles. The maximum atomic E-state index is 12.6. The van der Waals surface area contributed by atoms with E-state index in [1.807, 2.05) is 13.8 Å². The first kappa shape index (κ1) is 13.3. The molecular formula is C15H18N2O2. The minimum atomic E-state index is -0.819. The summed E-state index contributed by atoms with van der Waals surface area (Å²) in [5.74, 6) is 3.09. The highest BCUT2D eigenvalue weighted by Gasteiger charge is 2.45. The van der Waals surface area contributed by atoms with Crippen molar-refractivity contribution in [2.24, 2.45) is 0 Å². The zero-order chi connectivity index (χ0) is 14.0. The molecule has 2 N–H and O–H groups in total. The number of nitrogens with zero attached hydrogens (tertiary/aromatic N) is 1. The molecular weight excluding hydrogens is 240 g/mol. The zero-order valence-electron chi connectivity index (χ0n) is 11.3. The van der Waals surface area contributed by atoms with Crippen molar-refractivity contribution < 1.29 is 9.53 Å². The number of nitrogens with two attached hydrogens (primary N) is 1. The van der Waals surface area contributed by atoms with Crippen LogP contribution in [0.2, 0.25) is 0 Å². The summed E-state index contributed by atoms with van der Waals surface area (Å²) in [5, 5.41) is 0. The van der Waals surface area contributed by atoms with Gasteiger partial charge >= 0.3 is 0 Å². The molecule has 0 saturated heterocycles. The summed E-state index contributed by atoms with van der Waals surface area (Å²) in [5.41, 5.74) is 6.19. The van der Waals surface area contributed by atoms with Crippen LogP contribution in [0.5, 0.6) is 5.75 Å². The van der Waals surface area contributed by atoms with Gasteiger partial charge in [0.1, 0.15) is 5.75 Å². The van der Waals surface area contributed by atoms with Crippen LogP contribution >= 0.6 is 0 Å². The Morgan fingerprint density at radius 1 is 1.42 bits per heavy atom. The van der Waals surface area contributed by atoms with Crippen molar-refractivity contribution in [3.63, 3.8) is 0 Å². The lowest BCUT2D eigenvalue weighted by atomic mass is 9.92. The minimum absolute atomic E-state index is 0.0893. The van der Waals surface area contributed by atoms with E-state index < -0.39 is 5.60 Å². The lowest BCUT2D eigenvalue weighted by Crippen LogP contribution is -2.55. The Kier molecular flexibility index (Phi) is 3.39. The second-order valence-electron chi connectivity index (χ2n) is 4.63. The Balaban J connectivity index is 2.56. The van der Waals surface area contributed by atoms with E-state index in [1.54, 1.807) is 23.1 Å². The smallest absolute Gasteiger partial charge is 0.272 e. The van der Waals surface area contributed by atoms with Crippen molar-refractivity contribution in [2.45, 2.75) is 32.3 Å². The van der Waals surface area contributed by atoms with E-state index in [1.165, 1.54) is 0 Å². The van der Waals surface area contributed by atoms with E-state index in [0.29, 0.717) is 30.0 Å². The molecule has 0 saturated carbocycles. The number of ether oxygens (including phenoxy) is 1. The highest BCUT2D eigenvalue weighted by Crippen LogP contribution is 2.41. The number of fused-ring (bicyclic) bond motifs is 1. The van der Waals surface area contributed by atoms with Crippen LogP contribution in [0.25, 0.3) is 0 Å². The molecule has 1 aromatic carbocycles. The maximum Gasteiger partial charge on any atom is 0.272 e. The van der Waals surface area contributed by atoms with Gasteiger partial charge in [-0.25, -0.2) is 0 Å². The normalized spacial score (nSPS) is 16.5. The van der Waals surface area contributed by atoms with Crippen molar-refractivity contribution in [1.29, 1.82) is 0 Å². The highest BCUT2D eigenvalue weighted by molar-refractivity contribution is 6.03. The van der Waals surface area contributed by atoms with Gasteiger partial charge in [-0.2, -0.15) is 0 Å². The third-order valence-electron chi connectivity index (χ3n) is 3.61. The highest BCUT2D eigenvalue weighted by atomic mass is 16.5. The molecule has 2 rings (SSSR count). The number of nitrogen functional groups attached to an aromatic ring is 1. The fraction of sp³-hybridized carbons (Fsp3) is 0.400. The van der Waals surface area contributed by atoms with E-state index in [-0.39, 0.29) is 12.5 Å². The molecule has 1 heterocycles. The van der Waals surface area contributed by atoms with Crippen LogP contribution in [0.1, 0.15) is 26.7 Å². The van der Waals surface area contributed by atoms with Gasteiger partial charge in [0.2, 0.25) is 0 Å². The van der Waals surface area contributed by atoms with Gasteiger partial charge in [-0.15, -0.1) is 6.42 Å². The van der Waals surface area contributed by atoms with Crippen LogP contribution in [0, 0.1) is 12.3 Å². The average Bonchev–Trinajstić information content (AvgIpc) is 2.42. The number of carbonyl (C=O) groups is 1. The standard InChI is InChI=1S/C15H18N2O2/c1-4-9-17-12-10-11(16)7-8-13(12)19-15(5-2,6-3)14(17)18/h1,7-8,10H,5-6,9,16H2,2-3H3. The van der Waals surface area contributed by atoms with Gasteiger partial charge in [0.25, 0.3) is 5.91 Å². The average molecular weight is 258 g/mol. The predicted octanol–water partition coefficient (Wildman–Crippen LogP) is 2.19. The second kappa shape index (κ2) is 4.85. The van der Waals surface area contributed by atoms with E-state index in [4.69, 9.17) is 16.9 Å². The van der Waals surface area contributed by atoms with Gasteiger partial charge in [0, 0.05) is 5.69 Å². The van der Waals surface area contributed by atoms with Crippen LogP contribution in [0.3, 0.4) is 0 Å². The second-order valence-corrected chi connectivity index (χ2v) is 4.63. The van der Waals surface area contributed by atoms with Gasteiger partial charge in [-0.3, -0.25) is 9.69 Å². The summed E-state index contributed by atoms with van der Waals surface area (Å²) in [4.78, 5) is 14.2. The lowest BCUT2D eigenvalue weighted by molar-refractivity contribution is -0.136. The zero-order valence-corrected chi connectivity index (χ0v) is 11.3. The first-order valence-electron chi connectivity index (χ1n) is 6.42. The molecule has 0 atom stereocenters. The molecule has 1 amide bonds. The molecule has 4 nitrogen and oxygen atoms in total. The minimum Gasteiger partial charge on any atom is -0.475 e. The molecule has 0 radical (unpaired) electrons. The van der Waals surface area contributed by atoms with E-state index in [0.717, 1.165) is 0 Å². The molecule has 0 spiro atoms. The Bertz CT molecular complexity index is 542. The molecule has 100 valence electrons. The van der Waals surface area contributed by atoms with E-state index >= 15 is 0 Å².